The largest absolute Gasteiger partial charge is 0.328 e. The van der Waals surface area contributed by atoms with Crippen LogP contribution >= 0.6 is 0 Å². The molecule has 1 aromatic carbocycles. The van der Waals surface area contributed by atoms with E-state index in [1.54, 1.807) is 12.1 Å². The van der Waals surface area contributed by atoms with Crippen molar-refractivity contribution in [2.45, 2.75) is 44.3 Å². The molecule has 102 valence electrons. The van der Waals surface area contributed by atoms with Crippen LogP contribution in [0.2, 0.25) is 0 Å². The van der Waals surface area contributed by atoms with Crippen LogP contribution in [0.5, 0.6) is 0 Å². The monoisotopic (exact) mass is 261 g/mol. The zero-order valence-corrected chi connectivity index (χ0v) is 11.3. The average Bonchev–Trinajstić information content (AvgIpc) is 2.41. The van der Waals surface area contributed by atoms with Gasteiger partial charge in [-0.3, -0.25) is 4.90 Å². The van der Waals surface area contributed by atoms with Gasteiger partial charge >= 0.3 is 0 Å². The first-order valence-corrected chi connectivity index (χ1v) is 6.74. The predicted octanol–water partition coefficient (Wildman–Crippen LogP) is 2.40. The summed E-state index contributed by atoms with van der Waals surface area (Å²) in [4.78, 5) is 2.19. The molecule has 1 aromatic rings. The van der Waals surface area contributed by atoms with Crippen molar-refractivity contribution < 1.29 is 4.39 Å². The maximum absolute atomic E-state index is 13.8. The molecule has 0 saturated heterocycles. The van der Waals surface area contributed by atoms with Gasteiger partial charge in [0, 0.05) is 24.2 Å². The first-order chi connectivity index (χ1) is 9.10. The van der Waals surface area contributed by atoms with E-state index in [1.165, 1.54) is 6.07 Å². The zero-order chi connectivity index (χ0) is 13.8. The molecule has 3 nitrogen and oxygen atoms in total. The quantitative estimate of drug-likeness (QED) is 0.909. The van der Waals surface area contributed by atoms with Crippen LogP contribution < -0.4 is 5.73 Å². The van der Waals surface area contributed by atoms with Crippen LogP contribution in [0, 0.1) is 17.1 Å². The maximum Gasteiger partial charge on any atom is 0.129 e. The minimum atomic E-state index is -0.293. The molecule has 0 atom stereocenters. The third-order valence-electron chi connectivity index (χ3n) is 3.97. The van der Waals surface area contributed by atoms with E-state index in [-0.39, 0.29) is 5.82 Å². The third-order valence-corrected chi connectivity index (χ3v) is 3.97. The molecule has 1 aliphatic rings. The highest BCUT2D eigenvalue weighted by atomic mass is 19.1. The highest BCUT2D eigenvalue weighted by Gasteiger charge is 2.22. The van der Waals surface area contributed by atoms with Crippen molar-refractivity contribution in [3.05, 3.63) is 35.1 Å². The van der Waals surface area contributed by atoms with Gasteiger partial charge in [-0.1, -0.05) is 6.07 Å². The summed E-state index contributed by atoms with van der Waals surface area (Å²) >= 11 is 0. The van der Waals surface area contributed by atoms with Crippen molar-refractivity contribution in [3.63, 3.8) is 0 Å². The van der Waals surface area contributed by atoms with Crippen LogP contribution in [0.3, 0.4) is 0 Å². The molecule has 1 saturated carbocycles. The number of nitrogens with zero attached hydrogens (tertiary/aromatic N) is 2. The number of nitrogens with two attached hydrogens (primary N) is 1. The Morgan fingerprint density at radius 2 is 2.05 bits per heavy atom. The van der Waals surface area contributed by atoms with E-state index in [0.29, 0.717) is 29.8 Å². The Morgan fingerprint density at radius 3 is 2.63 bits per heavy atom. The molecule has 1 aliphatic carbocycles. The molecule has 0 bridgehead atoms. The van der Waals surface area contributed by atoms with Crippen molar-refractivity contribution in [1.29, 1.82) is 5.26 Å². The Hall–Kier alpha value is -1.44. The van der Waals surface area contributed by atoms with Crippen LogP contribution in [-0.4, -0.2) is 24.0 Å². The Morgan fingerprint density at radius 1 is 1.37 bits per heavy atom. The second-order valence-corrected chi connectivity index (χ2v) is 5.40. The fraction of sp³-hybridized carbons (Fsp3) is 0.533. The van der Waals surface area contributed by atoms with Crippen LogP contribution in [0.1, 0.15) is 36.8 Å². The lowest BCUT2D eigenvalue weighted by atomic mass is 9.91. The van der Waals surface area contributed by atoms with Gasteiger partial charge in [0.25, 0.3) is 0 Å². The lowest BCUT2D eigenvalue weighted by Crippen LogP contribution is -2.38. The van der Waals surface area contributed by atoms with Gasteiger partial charge in [0.2, 0.25) is 0 Å². The van der Waals surface area contributed by atoms with E-state index < -0.39 is 0 Å². The fourth-order valence-corrected chi connectivity index (χ4v) is 2.69. The Bertz CT molecular complexity index is 473. The smallest absolute Gasteiger partial charge is 0.129 e. The second-order valence-electron chi connectivity index (χ2n) is 5.40. The van der Waals surface area contributed by atoms with E-state index in [1.807, 2.05) is 13.1 Å². The molecule has 4 heteroatoms. The van der Waals surface area contributed by atoms with Crippen LogP contribution in [0.15, 0.2) is 18.2 Å². The zero-order valence-electron chi connectivity index (χ0n) is 11.3. The van der Waals surface area contributed by atoms with Crippen molar-refractivity contribution >= 4 is 0 Å². The van der Waals surface area contributed by atoms with E-state index in [9.17, 15) is 4.39 Å². The molecule has 0 heterocycles. The van der Waals surface area contributed by atoms with Crippen LogP contribution in [0.25, 0.3) is 0 Å². The molecule has 0 radical (unpaired) electrons. The molecule has 0 amide bonds. The molecular weight excluding hydrogens is 241 g/mol. The number of halogens is 1. The lowest BCUT2D eigenvalue weighted by Gasteiger charge is -2.33. The number of hydrogen-bond acceptors (Lipinski definition) is 3. The predicted molar refractivity (Wildman–Crippen MR) is 72.8 cm³/mol. The summed E-state index contributed by atoms with van der Waals surface area (Å²) in [6.07, 6.45) is 4.25. The first-order valence-electron chi connectivity index (χ1n) is 6.74. The Kier molecular flexibility index (Phi) is 4.52. The van der Waals surface area contributed by atoms with E-state index in [0.717, 1.165) is 25.7 Å². The summed E-state index contributed by atoms with van der Waals surface area (Å²) in [5, 5.41) is 8.72. The normalized spacial score (nSPS) is 23.3. The van der Waals surface area contributed by atoms with Crippen molar-refractivity contribution in [1.82, 2.24) is 4.90 Å². The lowest BCUT2D eigenvalue weighted by molar-refractivity contribution is 0.174. The molecule has 0 aliphatic heterocycles. The van der Waals surface area contributed by atoms with Crippen LogP contribution in [-0.2, 0) is 6.54 Å². The molecule has 2 rings (SSSR count). The Labute approximate surface area is 113 Å². The summed E-state index contributed by atoms with van der Waals surface area (Å²) < 4.78 is 13.8. The minimum Gasteiger partial charge on any atom is -0.328 e. The summed E-state index contributed by atoms with van der Waals surface area (Å²) in [5.41, 5.74) is 6.91. The number of benzene rings is 1. The summed E-state index contributed by atoms with van der Waals surface area (Å²) in [7, 11) is 2.03. The minimum absolute atomic E-state index is 0.293. The molecular formula is C15H20FN3. The van der Waals surface area contributed by atoms with Crippen molar-refractivity contribution in [2.75, 3.05) is 7.05 Å². The topological polar surface area (TPSA) is 53.0 Å². The summed E-state index contributed by atoms with van der Waals surface area (Å²) in [5.74, 6) is -0.293. The molecule has 1 fully saturated rings. The summed E-state index contributed by atoms with van der Waals surface area (Å²) in [6.45, 7) is 0.581. The van der Waals surface area contributed by atoms with Gasteiger partial charge in [-0.25, -0.2) is 4.39 Å². The highest BCUT2D eigenvalue weighted by Crippen LogP contribution is 2.23. The molecule has 0 aromatic heterocycles. The Balaban J connectivity index is 1.99. The molecule has 19 heavy (non-hydrogen) atoms. The van der Waals surface area contributed by atoms with Gasteiger partial charge < -0.3 is 5.73 Å². The van der Waals surface area contributed by atoms with Gasteiger partial charge in [-0.05, 0) is 44.9 Å². The van der Waals surface area contributed by atoms with E-state index in [4.69, 9.17) is 11.0 Å². The van der Waals surface area contributed by atoms with Gasteiger partial charge in [-0.2, -0.15) is 5.26 Å². The van der Waals surface area contributed by atoms with Crippen molar-refractivity contribution in [2.24, 2.45) is 5.73 Å². The number of hydrogen-bond donors (Lipinski definition) is 1. The fourth-order valence-electron chi connectivity index (χ4n) is 2.69. The highest BCUT2D eigenvalue weighted by molar-refractivity contribution is 5.32. The van der Waals surface area contributed by atoms with Crippen LogP contribution in [0.4, 0.5) is 4.39 Å². The van der Waals surface area contributed by atoms with Gasteiger partial charge in [0.1, 0.15) is 5.82 Å². The molecule has 0 spiro atoms. The van der Waals surface area contributed by atoms with E-state index in [2.05, 4.69) is 4.90 Å². The van der Waals surface area contributed by atoms with Gasteiger partial charge in [0.15, 0.2) is 0 Å². The third kappa shape index (κ3) is 3.52. The standard InChI is InChI=1S/C15H20FN3/c1-19(14-6-4-13(18)5-7-14)10-12-3-2-11(9-17)8-15(12)16/h2-3,8,13-14H,4-7,10,18H2,1H3. The maximum atomic E-state index is 13.8. The number of rotatable bonds is 3. The van der Waals surface area contributed by atoms with Gasteiger partial charge in [-0.15, -0.1) is 0 Å². The second kappa shape index (κ2) is 6.14. The SMILES string of the molecule is CN(Cc1ccc(C#N)cc1F)C1CCC(N)CC1. The van der Waals surface area contributed by atoms with E-state index >= 15 is 0 Å². The average molecular weight is 261 g/mol. The van der Waals surface area contributed by atoms with Gasteiger partial charge in [0.05, 0.1) is 11.6 Å². The first kappa shape index (κ1) is 14.0. The molecule has 0 unspecified atom stereocenters. The van der Waals surface area contributed by atoms with Crippen molar-refractivity contribution in [3.8, 4) is 6.07 Å². The molecule has 2 N–H and O–H groups in total. The number of nitriles is 1. The summed E-state index contributed by atoms with van der Waals surface area (Å²) in [6, 6.07) is 7.44.